The Balaban J connectivity index is 4.73. The topological polar surface area (TPSA) is 23.9 Å². The molecule has 0 aliphatic carbocycles. The van der Waals surface area contributed by atoms with Gasteiger partial charge < -0.3 is 0 Å². The van der Waals surface area contributed by atoms with Gasteiger partial charge in [-0.2, -0.15) is 26.3 Å². The molecule has 13 heavy (non-hydrogen) atoms. The maximum atomic E-state index is 11.6. The van der Waals surface area contributed by atoms with E-state index >= 15 is 0 Å². The molecule has 0 radical (unpaired) electrons. The van der Waals surface area contributed by atoms with Crippen molar-refractivity contribution in [3.8, 4) is 0 Å². The van der Waals surface area contributed by atoms with Crippen LogP contribution < -0.4 is 0 Å². The molecule has 7 heteroatoms. The molecule has 0 aliphatic rings. The molecule has 0 aliphatic heterocycles. The van der Waals surface area contributed by atoms with Crippen LogP contribution in [0.25, 0.3) is 0 Å². The predicted octanol–water partition coefficient (Wildman–Crippen LogP) is 3.08. The fourth-order valence-electron chi connectivity index (χ4n) is 0.541. The minimum absolute atomic E-state index is 0.553. The lowest BCUT2D eigenvalue weighted by Gasteiger charge is -2.09. The summed E-state index contributed by atoms with van der Waals surface area (Å²) in [6.07, 6.45) is -10.4. The Labute approximate surface area is 69.6 Å². The van der Waals surface area contributed by atoms with Gasteiger partial charge in [0.15, 0.2) is 0 Å². The summed E-state index contributed by atoms with van der Waals surface area (Å²) >= 11 is 0. The van der Waals surface area contributed by atoms with E-state index in [1.54, 1.807) is 0 Å². The zero-order valence-corrected chi connectivity index (χ0v) is 6.35. The molecule has 0 rings (SSSR count). The van der Waals surface area contributed by atoms with E-state index in [0.29, 0.717) is 6.92 Å². The molecule has 76 valence electrons. The van der Waals surface area contributed by atoms with Crippen LogP contribution in [0.15, 0.2) is 11.6 Å². The number of hydrogen-bond acceptors (Lipinski definition) is 1. The van der Waals surface area contributed by atoms with Gasteiger partial charge in [-0.25, -0.2) is 0 Å². The first-order valence-corrected chi connectivity index (χ1v) is 2.96. The van der Waals surface area contributed by atoms with Crippen molar-refractivity contribution in [2.24, 2.45) is 0 Å². The molecule has 0 aromatic heterocycles. The van der Waals surface area contributed by atoms with Crippen molar-refractivity contribution < 1.29 is 26.3 Å². The number of hydrogen-bond donors (Lipinski definition) is 1. The smallest absolute Gasteiger partial charge is 0.296 e. The highest BCUT2D eigenvalue weighted by Gasteiger charge is 2.37. The SMILES string of the molecule is C/C(=C\C(F)(F)F)C(=N)C(F)(F)F. The van der Waals surface area contributed by atoms with Gasteiger partial charge in [-0.3, -0.25) is 5.41 Å². The van der Waals surface area contributed by atoms with Crippen LogP contribution in [0, 0.1) is 5.41 Å². The minimum Gasteiger partial charge on any atom is -0.296 e. The quantitative estimate of drug-likeness (QED) is 0.502. The van der Waals surface area contributed by atoms with Crippen LogP contribution in [0.2, 0.25) is 0 Å². The second-order valence-electron chi connectivity index (χ2n) is 2.24. The van der Waals surface area contributed by atoms with E-state index in [0.717, 1.165) is 0 Å². The highest BCUT2D eigenvalue weighted by atomic mass is 19.4. The molecule has 0 unspecified atom stereocenters. The first kappa shape index (κ1) is 12.0. The third-order valence-electron chi connectivity index (χ3n) is 1.06. The molecule has 0 bridgehead atoms. The summed E-state index contributed by atoms with van der Waals surface area (Å²) in [5.74, 6) is 0. The van der Waals surface area contributed by atoms with E-state index < -0.39 is 29.7 Å². The van der Waals surface area contributed by atoms with Crippen LogP contribution in [0.5, 0.6) is 0 Å². The Morgan fingerprint density at radius 3 is 1.69 bits per heavy atom. The van der Waals surface area contributed by atoms with Gasteiger partial charge in [0.2, 0.25) is 0 Å². The van der Waals surface area contributed by atoms with Crippen molar-refractivity contribution in [3.63, 3.8) is 0 Å². The fraction of sp³-hybridized carbons (Fsp3) is 0.500. The molecule has 0 amide bonds. The minimum atomic E-state index is -5.04. The van der Waals surface area contributed by atoms with Crippen molar-refractivity contribution in [2.75, 3.05) is 0 Å². The summed E-state index contributed by atoms with van der Waals surface area (Å²) in [7, 11) is 0. The van der Waals surface area contributed by atoms with E-state index in [9.17, 15) is 26.3 Å². The summed E-state index contributed by atoms with van der Waals surface area (Å²) < 4.78 is 69.5. The molecular weight excluding hydrogens is 200 g/mol. The van der Waals surface area contributed by atoms with Gasteiger partial charge in [0, 0.05) is 6.08 Å². The van der Waals surface area contributed by atoms with Crippen LogP contribution in [0.1, 0.15) is 6.92 Å². The lowest BCUT2D eigenvalue weighted by Crippen LogP contribution is -2.23. The van der Waals surface area contributed by atoms with Crippen molar-refractivity contribution in [3.05, 3.63) is 11.6 Å². The normalized spacial score (nSPS) is 14.5. The number of nitrogens with one attached hydrogen (secondary N) is 1. The zero-order valence-electron chi connectivity index (χ0n) is 6.35. The number of allylic oxidation sites excluding steroid dienone is 2. The number of alkyl halides is 6. The third-order valence-corrected chi connectivity index (χ3v) is 1.06. The Morgan fingerprint density at radius 1 is 1.08 bits per heavy atom. The molecule has 1 N–H and O–H groups in total. The van der Waals surface area contributed by atoms with Crippen LogP contribution in [-0.4, -0.2) is 18.1 Å². The molecule has 0 heterocycles. The summed E-state index contributed by atoms with van der Waals surface area (Å²) in [5, 5.41) is 6.33. The second kappa shape index (κ2) is 3.39. The van der Waals surface area contributed by atoms with Gasteiger partial charge in [0.25, 0.3) is 0 Å². The Kier molecular flexibility index (Phi) is 3.13. The first-order valence-electron chi connectivity index (χ1n) is 2.96. The Bertz CT molecular complexity index is 232. The highest BCUT2D eigenvalue weighted by molar-refractivity contribution is 6.01. The van der Waals surface area contributed by atoms with Gasteiger partial charge in [-0.15, -0.1) is 0 Å². The summed E-state index contributed by atoms with van der Waals surface area (Å²) in [6.45, 7) is 0.587. The van der Waals surface area contributed by atoms with Gasteiger partial charge in [0.1, 0.15) is 5.71 Å². The molecule has 0 saturated carbocycles. The highest BCUT2D eigenvalue weighted by Crippen LogP contribution is 2.24. The predicted molar refractivity (Wildman–Crippen MR) is 33.6 cm³/mol. The summed E-state index contributed by atoms with van der Waals surface area (Å²) in [5.41, 5.74) is -3.13. The Morgan fingerprint density at radius 2 is 1.46 bits per heavy atom. The van der Waals surface area contributed by atoms with Gasteiger partial charge >= 0.3 is 12.4 Å². The first-order chi connectivity index (χ1) is 5.54. The van der Waals surface area contributed by atoms with Crippen LogP contribution in [0.4, 0.5) is 26.3 Å². The summed E-state index contributed by atoms with van der Waals surface area (Å²) in [4.78, 5) is 0. The van der Waals surface area contributed by atoms with E-state index in [2.05, 4.69) is 0 Å². The van der Waals surface area contributed by atoms with Gasteiger partial charge in [-0.1, -0.05) is 0 Å². The largest absolute Gasteiger partial charge is 0.432 e. The molecule has 0 fully saturated rings. The fourth-order valence-corrected chi connectivity index (χ4v) is 0.541. The van der Waals surface area contributed by atoms with Gasteiger partial charge in [0.05, 0.1) is 0 Å². The van der Waals surface area contributed by atoms with Crippen LogP contribution in [0.3, 0.4) is 0 Å². The lowest BCUT2D eigenvalue weighted by atomic mass is 10.1. The average Bonchev–Trinajstić information content (AvgIpc) is 1.79. The van der Waals surface area contributed by atoms with Crippen molar-refractivity contribution in [1.82, 2.24) is 0 Å². The molecular formula is C6H5F6N. The lowest BCUT2D eigenvalue weighted by molar-refractivity contribution is -0.0807. The van der Waals surface area contributed by atoms with Crippen LogP contribution in [-0.2, 0) is 0 Å². The van der Waals surface area contributed by atoms with Crippen molar-refractivity contribution >= 4 is 5.71 Å². The molecule has 0 aromatic carbocycles. The molecule has 0 saturated heterocycles. The number of rotatable bonds is 1. The average molecular weight is 205 g/mol. The van der Waals surface area contributed by atoms with E-state index in [1.165, 1.54) is 0 Å². The van der Waals surface area contributed by atoms with E-state index in [4.69, 9.17) is 5.41 Å². The zero-order chi connectivity index (χ0) is 10.9. The molecule has 0 spiro atoms. The molecule has 1 nitrogen and oxygen atoms in total. The van der Waals surface area contributed by atoms with Crippen molar-refractivity contribution in [1.29, 1.82) is 5.41 Å². The van der Waals surface area contributed by atoms with Gasteiger partial charge in [-0.05, 0) is 12.5 Å². The standard InChI is InChI=1S/C6H5F6N/c1-3(2-5(7,8)9)4(13)6(10,11)12/h2,13H,1H3/b3-2+,13-4?. The Hall–Kier alpha value is -1.01. The van der Waals surface area contributed by atoms with E-state index in [-0.39, 0.29) is 0 Å². The summed E-state index contributed by atoms with van der Waals surface area (Å²) in [6, 6.07) is 0. The second-order valence-corrected chi connectivity index (χ2v) is 2.24. The number of halogens is 6. The molecule has 0 atom stereocenters. The van der Waals surface area contributed by atoms with Crippen LogP contribution >= 0.6 is 0 Å². The van der Waals surface area contributed by atoms with E-state index in [1.807, 2.05) is 0 Å². The monoisotopic (exact) mass is 205 g/mol. The molecule has 0 aromatic rings. The third kappa shape index (κ3) is 4.54. The van der Waals surface area contributed by atoms with Crippen molar-refractivity contribution in [2.45, 2.75) is 19.3 Å². The maximum Gasteiger partial charge on any atom is 0.432 e. The maximum absolute atomic E-state index is 11.6.